The van der Waals surface area contributed by atoms with E-state index in [0.29, 0.717) is 12.4 Å². The van der Waals surface area contributed by atoms with Crippen LogP contribution in [0.15, 0.2) is 18.3 Å². The van der Waals surface area contributed by atoms with E-state index in [1.807, 2.05) is 19.1 Å². The standard InChI is InChI=1S/C13H18N2O3/c1-9-6-15(8-11(9)13(16)17)7-10-3-4-12(18-2)14-5-10/h3-5,9,11H,6-8H2,1-2H3,(H,16,17)/t9-,11-/m1/s1. The average Bonchev–Trinajstić information content (AvgIpc) is 2.71. The minimum atomic E-state index is -0.696. The van der Waals surface area contributed by atoms with Crippen LogP contribution in [-0.4, -0.2) is 41.2 Å². The maximum absolute atomic E-state index is 11.0. The molecule has 0 spiro atoms. The van der Waals surface area contributed by atoms with Gasteiger partial charge in [-0.2, -0.15) is 0 Å². The van der Waals surface area contributed by atoms with E-state index in [4.69, 9.17) is 9.84 Å². The Morgan fingerprint density at radius 3 is 2.83 bits per heavy atom. The summed E-state index contributed by atoms with van der Waals surface area (Å²) in [4.78, 5) is 17.3. The Morgan fingerprint density at radius 1 is 1.56 bits per heavy atom. The number of aliphatic carboxylic acids is 1. The van der Waals surface area contributed by atoms with E-state index in [2.05, 4.69) is 9.88 Å². The molecule has 98 valence electrons. The molecule has 2 atom stereocenters. The number of carboxylic acid groups (broad SMARTS) is 1. The maximum Gasteiger partial charge on any atom is 0.308 e. The Kier molecular flexibility index (Phi) is 3.81. The van der Waals surface area contributed by atoms with Gasteiger partial charge >= 0.3 is 5.97 Å². The number of aromatic nitrogens is 1. The third kappa shape index (κ3) is 2.79. The molecule has 5 heteroatoms. The van der Waals surface area contributed by atoms with Gasteiger partial charge in [0.15, 0.2) is 0 Å². The van der Waals surface area contributed by atoms with Gasteiger partial charge in [0.05, 0.1) is 13.0 Å². The summed E-state index contributed by atoms with van der Waals surface area (Å²) in [5.41, 5.74) is 1.08. The molecule has 0 saturated carbocycles. The molecule has 0 unspecified atom stereocenters. The fourth-order valence-corrected chi connectivity index (χ4v) is 2.40. The molecule has 18 heavy (non-hydrogen) atoms. The van der Waals surface area contributed by atoms with Crippen molar-refractivity contribution in [1.29, 1.82) is 0 Å². The van der Waals surface area contributed by atoms with Crippen molar-refractivity contribution in [3.8, 4) is 5.88 Å². The Labute approximate surface area is 106 Å². The summed E-state index contributed by atoms with van der Waals surface area (Å²) in [5.74, 6) is -0.153. The highest BCUT2D eigenvalue weighted by atomic mass is 16.5. The predicted octanol–water partition coefficient (Wildman–Crippen LogP) is 1.24. The van der Waals surface area contributed by atoms with Crippen molar-refractivity contribution in [2.75, 3.05) is 20.2 Å². The maximum atomic E-state index is 11.0. The fraction of sp³-hybridized carbons (Fsp3) is 0.538. The largest absolute Gasteiger partial charge is 0.481 e. The fourth-order valence-electron chi connectivity index (χ4n) is 2.40. The number of rotatable bonds is 4. The van der Waals surface area contributed by atoms with Crippen LogP contribution in [-0.2, 0) is 11.3 Å². The van der Waals surface area contributed by atoms with Gasteiger partial charge in [-0.3, -0.25) is 9.69 Å². The van der Waals surface area contributed by atoms with Gasteiger partial charge in [0.25, 0.3) is 0 Å². The molecule has 1 saturated heterocycles. The number of methoxy groups -OCH3 is 1. The molecular weight excluding hydrogens is 232 g/mol. The lowest BCUT2D eigenvalue weighted by atomic mass is 9.99. The SMILES string of the molecule is COc1ccc(CN2C[C@@H](C)[C@H](C(=O)O)C2)cn1. The Hall–Kier alpha value is -1.62. The molecule has 1 aliphatic heterocycles. The number of likely N-dealkylation sites (tertiary alicyclic amines) is 1. The highest BCUT2D eigenvalue weighted by Gasteiger charge is 2.34. The van der Waals surface area contributed by atoms with E-state index in [1.165, 1.54) is 0 Å². The average molecular weight is 250 g/mol. The summed E-state index contributed by atoms with van der Waals surface area (Å²) >= 11 is 0. The van der Waals surface area contributed by atoms with Crippen molar-refractivity contribution in [2.45, 2.75) is 13.5 Å². The molecule has 1 N–H and O–H groups in total. The first kappa shape index (κ1) is 12.8. The van der Waals surface area contributed by atoms with Crippen molar-refractivity contribution >= 4 is 5.97 Å². The molecule has 2 heterocycles. The van der Waals surface area contributed by atoms with E-state index in [1.54, 1.807) is 13.3 Å². The number of nitrogens with zero attached hydrogens (tertiary/aromatic N) is 2. The van der Waals surface area contributed by atoms with Gasteiger partial charge < -0.3 is 9.84 Å². The van der Waals surface area contributed by atoms with E-state index in [0.717, 1.165) is 18.7 Å². The lowest BCUT2D eigenvalue weighted by molar-refractivity contribution is -0.142. The summed E-state index contributed by atoms with van der Waals surface area (Å²) < 4.78 is 5.00. The molecule has 0 bridgehead atoms. The van der Waals surface area contributed by atoms with Gasteiger partial charge in [-0.1, -0.05) is 13.0 Å². The number of hydrogen-bond donors (Lipinski definition) is 1. The van der Waals surface area contributed by atoms with Gasteiger partial charge in [-0.15, -0.1) is 0 Å². The first-order valence-corrected chi connectivity index (χ1v) is 6.04. The van der Waals surface area contributed by atoms with Gasteiger partial charge in [0, 0.05) is 31.9 Å². The molecular formula is C13H18N2O3. The first-order valence-electron chi connectivity index (χ1n) is 6.04. The number of pyridine rings is 1. The molecule has 0 aromatic carbocycles. The van der Waals surface area contributed by atoms with Crippen LogP contribution < -0.4 is 4.74 Å². The van der Waals surface area contributed by atoms with Gasteiger partial charge in [-0.05, 0) is 11.5 Å². The molecule has 2 rings (SSSR count). The van der Waals surface area contributed by atoms with Crippen LogP contribution in [0.25, 0.3) is 0 Å². The molecule has 1 aromatic heterocycles. The second kappa shape index (κ2) is 5.35. The van der Waals surface area contributed by atoms with E-state index >= 15 is 0 Å². The normalized spacial score (nSPS) is 24.1. The lowest BCUT2D eigenvalue weighted by Crippen LogP contribution is -2.23. The zero-order chi connectivity index (χ0) is 13.1. The van der Waals surface area contributed by atoms with Crippen molar-refractivity contribution in [3.63, 3.8) is 0 Å². The summed E-state index contributed by atoms with van der Waals surface area (Å²) in [7, 11) is 1.58. The molecule has 0 amide bonds. The zero-order valence-electron chi connectivity index (χ0n) is 10.7. The zero-order valence-corrected chi connectivity index (χ0v) is 10.7. The van der Waals surface area contributed by atoms with Gasteiger partial charge in [-0.25, -0.2) is 4.98 Å². The minimum absolute atomic E-state index is 0.203. The quantitative estimate of drug-likeness (QED) is 0.871. The van der Waals surface area contributed by atoms with Gasteiger partial charge in [0.1, 0.15) is 0 Å². The molecule has 1 aromatic rings. The van der Waals surface area contributed by atoms with Crippen molar-refractivity contribution < 1.29 is 14.6 Å². The second-order valence-corrected chi connectivity index (χ2v) is 4.82. The molecule has 5 nitrogen and oxygen atoms in total. The molecule has 1 aliphatic rings. The number of carbonyl (C=O) groups is 1. The van der Waals surface area contributed by atoms with Crippen LogP contribution in [0.4, 0.5) is 0 Å². The van der Waals surface area contributed by atoms with Crippen LogP contribution in [0.1, 0.15) is 12.5 Å². The van der Waals surface area contributed by atoms with E-state index in [9.17, 15) is 4.79 Å². The van der Waals surface area contributed by atoms with Crippen LogP contribution in [0.3, 0.4) is 0 Å². The minimum Gasteiger partial charge on any atom is -0.481 e. The van der Waals surface area contributed by atoms with Crippen molar-refractivity contribution in [2.24, 2.45) is 11.8 Å². The van der Waals surface area contributed by atoms with Crippen molar-refractivity contribution in [1.82, 2.24) is 9.88 Å². The van der Waals surface area contributed by atoms with E-state index < -0.39 is 5.97 Å². The summed E-state index contributed by atoms with van der Waals surface area (Å²) in [6, 6.07) is 3.79. The monoisotopic (exact) mass is 250 g/mol. The number of hydrogen-bond acceptors (Lipinski definition) is 4. The van der Waals surface area contributed by atoms with Crippen LogP contribution in [0, 0.1) is 11.8 Å². The van der Waals surface area contributed by atoms with E-state index in [-0.39, 0.29) is 11.8 Å². The molecule has 0 radical (unpaired) electrons. The number of ether oxygens (including phenoxy) is 1. The molecule has 1 fully saturated rings. The topological polar surface area (TPSA) is 62.7 Å². The third-order valence-corrected chi connectivity index (χ3v) is 3.42. The van der Waals surface area contributed by atoms with Crippen LogP contribution in [0.5, 0.6) is 5.88 Å². The first-order chi connectivity index (χ1) is 8.60. The predicted molar refractivity (Wildman–Crippen MR) is 66.4 cm³/mol. The number of carboxylic acids is 1. The van der Waals surface area contributed by atoms with Crippen LogP contribution in [0.2, 0.25) is 0 Å². The molecule has 0 aliphatic carbocycles. The summed E-state index contributed by atoms with van der Waals surface area (Å²) in [5, 5.41) is 9.08. The van der Waals surface area contributed by atoms with Crippen molar-refractivity contribution in [3.05, 3.63) is 23.9 Å². The van der Waals surface area contributed by atoms with Crippen LogP contribution >= 0.6 is 0 Å². The highest BCUT2D eigenvalue weighted by Crippen LogP contribution is 2.24. The summed E-state index contributed by atoms with van der Waals surface area (Å²) in [6.45, 7) is 4.17. The third-order valence-electron chi connectivity index (χ3n) is 3.42. The Morgan fingerprint density at radius 2 is 2.33 bits per heavy atom. The summed E-state index contributed by atoms with van der Waals surface area (Å²) in [6.07, 6.45) is 1.78. The Balaban J connectivity index is 1.96. The van der Waals surface area contributed by atoms with Gasteiger partial charge in [0.2, 0.25) is 5.88 Å². The second-order valence-electron chi connectivity index (χ2n) is 4.82. The smallest absolute Gasteiger partial charge is 0.308 e. The highest BCUT2D eigenvalue weighted by molar-refractivity contribution is 5.71. The Bertz CT molecular complexity index is 419. The lowest BCUT2D eigenvalue weighted by Gasteiger charge is -2.15.